The van der Waals surface area contributed by atoms with Crippen LogP contribution < -0.4 is 10.2 Å². The van der Waals surface area contributed by atoms with E-state index >= 15 is 0 Å². The minimum absolute atomic E-state index is 0.290. The SMILES string of the molecule is Fc1ccc2[nH]ccc2c1-c1nc(NCc2ccccn2)nc(N2CCOCC2)n1. The average molecular weight is 405 g/mol. The molecule has 4 heterocycles. The van der Waals surface area contributed by atoms with Crippen LogP contribution in [0.1, 0.15) is 5.69 Å². The molecular formula is C21H20FN7O. The third-order valence-electron chi connectivity index (χ3n) is 4.98. The van der Waals surface area contributed by atoms with Crippen molar-refractivity contribution in [2.75, 3.05) is 36.5 Å². The van der Waals surface area contributed by atoms with E-state index in [2.05, 4.69) is 30.2 Å². The monoisotopic (exact) mass is 405 g/mol. The molecule has 0 aliphatic carbocycles. The number of ether oxygens (including phenoxy) is 1. The molecule has 0 saturated carbocycles. The van der Waals surface area contributed by atoms with Crippen LogP contribution in [-0.2, 0) is 11.3 Å². The van der Waals surface area contributed by atoms with Gasteiger partial charge in [-0.15, -0.1) is 0 Å². The number of nitrogens with one attached hydrogen (secondary N) is 2. The van der Waals surface area contributed by atoms with Crippen LogP contribution in [0, 0.1) is 5.82 Å². The molecule has 8 nitrogen and oxygen atoms in total. The third-order valence-corrected chi connectivity index (χ3v) is 4.98. The van der Waals surface area contributed by atoms with Crippen LogP contribution in [0.4, 0.5) is 16.3 Å². The summed E-state index contributed by atoms with van der Waals surface area (Å²) >= 11 is 0. The number of halogens is 1. The summed E-state index contributed by atoms with van der Waals surface area (Å²) in [5, 5.41) is 3.93. The maximum atomic E-state index is 14.9. The van der Waals surface area contributed by atoms with E-state index in [9.17, 15) is 4.39 Å². The molecule has 1 aromatic carbocycles. The van der Waals surface area contributed by atoms with Gasteiger partial charge in [-0.05, 0) is 30.3 Å². The Balaban J connectivity index is 1.57. The Bertz CT molecular complexity index is 1160. The molecule has 1 aliphatic rings. The summed E-state index contributed by atoms with van der Waals surface area (Å²) in [6.07, 6.45) is 3.51. The average Bonchev–Trinajstić information content (AvgIpc) is 3.27. The predicted molar refractivity (Wildman–Crippen MR) is 112 cm³/mol. The zero-order chi connectivity index (χ0) is 20.3. The third kappa shape index (κ3) is 3.67. The first-order chi connectivity index (χ1) is 14.8. The first kappa shape index (κ1) is 18.4. The van der Waals surface area contributed by atoms with Crippen LogP contribution in [0.2, 0.25) is 0 Å². The Morgan fingerprint density at radius 2 is 1.97 bits per heavy atom. The topological polar surface area (TPSA) is 91.9 Å². The van der Waals surface area contributed by atoms with E-state index in [4.69, 9.17) is 4.74 Å². The Morgan fingerprint density at radius 3 is 2.80 bits per heavy atom. The second-order valence-electron chi connectivity index (χ2n) is 6.92. The minimum Gasteiger partial charge on any atom is -0.378 e. The summed E-state index contributed by atoms with van der Waals surface area (Å²) in [5.41, 5.74) is 2.03. The summed E-state index contributed by atoms with van der Waals surface area (Å²) in [7, 11) is 0. The minimum atomic E-state index is -0.378. The molecule has 1 saturated heterocycles. The molecule has 152 valence electrons. The number of aromatic amines is 1. The zero-order valence-electron chi connectivity index (χ0n) is 16.2. The van der Waals surface area contributed by atoms with Crippen LogP contribution in [0.15, 0.2) is 48.8 Å². The second kappa shape index (κ2) is 8.03. The highest BCUT2D eigenvalue weighted by Crippen LogP contribution is 2.30. The molecule has 9 heteroatoms. The summed E-state index contributed by atoms with van der Waals surface area (Å²) in [6.45, 7) is 2.97. The van der Waals surface area contributed by atoms with Gasteiger partial charge in [-0.25, -0.2) is 4.39 Å². The van der Waals surface area contributed by atoms with E-state index in [-0.39, 0.29) is 11.6 Å². The van der Waals surface area contributed by atoms with E-state index in [0.29, 0.717) is 50.3 Å². The number of benzene rings is 1. The second-order valence-corrected chi connectivity index (χ2v) is 6.92. The highest BCUT2D eigenvalue weighted by atomic mass is 19.1. The lowest BCUT2D eigenvalue weighted by Gasteiger charge is -2.27. The lowest BCUT2D eigenvalue weighted by atomic mass is 10.1. The van der Waals surface area contributed by atoms with Crippen molar-refractivity contribution in [1.29, 1.82) is 0 Å². The van der Waals surface area contributed by atoms with Crippen molar-refractivity contribution in [2.24, 2.45) is 0 Å². The van der Waals surface area contributed by atoms with Gasteiger partial charge >= 0.3 is 0 Å². The number of fused-ring (bicyclic) bond motifs is 1. The van der Waals surface area contributed by atoms with E-state index in [1.54, 1.807) is 18.5 Å². The number of H-pyrrole nitrogens is 1. The number of anilines is 2. The number of hydrogen-bond acceptors (Lipinski definition) is 7. The molecule has 0 unspecified atom stereocenters. The molecule has 4 aromatic rings. The van der Waals surface area contributed by atoms with Crippen molar-refractivity contribution in [2.45, 2.75) is 6.54 Å². The quantitative estimate of drug-likeness (QED) is 0.527. The van der Waals surface area contributed by atoms with E-state index < -0.39 is 0 Å². The number of morpholine rings is 1. The first-order valence-corrected chi connectivity index (χ1v) is 9.76. The summed E-state index contributed by atoms with van der Waals surface area (Å²) < 4.78 is 20.3. The number of hydrogen-bond donors (Lipinski definition) is 2. The van der Waals surface area contributed by atoms with Crippen molar-refractivity contribution < 1.29 is 9.13 Å². The molecule has 2 N–H and O–H groups in total. The van der Waals surface area contributed by atoms with Gasteiger partial charge in [-0.2, -0.15) is 15.0 Å². The van der Waals surface area contributed by atoms with Gasteiger partial charge in [-0.1, -0.05) is 6.07 Å². The zero-order valence-corrected chi connectivity index (χ0v) is 16.2. The molecule has 1 aliphatic heterocycles. The summed E-state index contributed by atoms with van der Waals surface area (Å²) in [5.74, 6) is 0.785. The number of rotatable bonds is 5. The largest absolute Gasteiger partial charge is 0.378 e. The van der Waals surface area contributed by atoms with Crippen LogP contribution in [0.5, 0.6) is 0 Å². The smallest absolute Gasteiger partial charge is 0.230 e. The predicted octanol–water partition coefficient (Wildman–Crippen LogP) is 3.00. The van der Waals surface area contributed by atoms with Gasteiger partial charge in [0.1, 0.15) is 5.82 Å². The first-order valence-electron chi connectivity index (χ1n) is 9.76. The molecular weight excluding hydrogens is 385 g/mol. The molecule has 1 fully saturated rings. The van der Waals surface area contributed by atoms with E-state index in [1.807, 2.05) is 29.2 Å². The normalized spacial score (nSPS) is 14.2. The molecule has 5 rings (SSSR count). The lowest BCUT2D eigenvalue weighted by Crippen LogP contribution is -2.37. The van der Waals surface area contributed by atoms with Crippen molar-refractivity contribution in [3.8, 4) is 11.4 Å². The lowest BCUT2D eigenvalue weighted by molar-refractivity contribution is 0.122. The number of nitrogens with zero attached hydrogens (tertiary/aromatic N) is 5. The Morgan fingerprint density at radius 1 is 1.07 bits per heavy atom. The van der Waals surface area contributed by atoms with Gasteiger partial charge in [0.15, 0.2) is 5.82 Å². The summed E-state index contributed by atoms with van der Waals surface area (Å²) in [4.78, 5) is 23.2. The van der Waals surface area contributed by atoms with Crippen LogP contribution in [0.3, 0.4) is 0 Å². The number of aromatic nitrogens is 5. The van der Waals surface area contributed by atoms with Crippen molar-refractivity contribution in [3.05, 3.63) is 60.3 Å². The molecule has 0 bridgehead atoms. The van der Waals surface area contributed by atoms with Gasteiger partial charge in [0.25, 0.3) is 0 Å². The fraction of sp³-hybridized carbons (Fsp3) is 0.238. The molecule has 0 radical (unpaired) electrons. The summed E-state index contributed by atoms with van der Waals surface area (Å²) in [6, 6.07) is 10.7. The van der Waals surface area contributed by atoms with E-state index in [0.717, 1.165) is 16.6 Å². The van der Waals surface area contributed by atoms with Gasteiger partial charge in [0, 0.05) is 36.4 Å². The van der Waals surface area contributed by atoms with Gasteiger partial charge < -0.3 is 19.9 Å². The van der Waals surface area contributed by atoms with Crippen LogP contribution in [-0.4, -0.2) is 51.2 Å². The Kier molecular flexibility index (Phi) is 4.94. The Labute approximate surface area is 172 Å². The van der Waals surface area contributed by atoms with Gasteiger partial charge in [-0.3, -0.25) is 4.98 Å². The fourth-order valence-electron chi connectivity index (χ4n) is 3.47. The van der Waals surface area contributed by atoms with Crippen LogP contribution >= 0.6 is 0 Å². The highest BCUT2D eigenvalue weighted by molar-refractivity contribution is 5.93. The molecule has 0 atom stereocenters. The maximum Gasteiger partial charge on any atom is 0.230 e. The van der Waals surface area contributed by atoms with E-state index in [1.165, 1.54) is 6.07 Å². The number of pyridine rings is 1. The van der Waals surface area contributed by atoms with Gasteiger partial charge in [0.05, 0.1) is 31.0 Å². The molecule has 0 spiro atoms. The van der Waals surface area contributed by atoms with Crippen molar-refractivity contribution in [3.63, 3.8) is 0 Å². The standard InChI is InChI=1S/C21H20FN7O/c22-16-4-5-17-15(6-8-24-17)18(16)19-26-20(25-13-14-3-1-2-7-23-14)28-21(27-19)29-9-11-30-12-10-29/h1-8,24H,9-13H2,(H,25,26,27,28). The Hall–Kier alpha value is -3.59. The van der Waals surface area contributed by atoms with Crippen LogP contribution in [0.25, 0.3) is 22.3 Å². The van der Waals surface area contributed by atoms with Crippen molar-refractivity contribution >= 4 is 22.8 Å². The van der Waals surface area contributed by atoms with Crippen molar-refractivity contribution in [1.82, 2.24) is 24.9 Å². The molecule has 30 heavy (non-hydrogen) atoms. The maximum absolute atomic E-state index is 14.9. The highest BCUT2D eigenvalue weighted by Gasteiger charge is 2.20. The molecule has 0 amide bonds. The molecule has 3 aromatic heterocycles. The fourth-order valence-corrected chi connectivity index (χ4v) is 3.47. The van der Waals surface area contributed by atoms with Gasteiger partial charge in [0.2, 0.25) is 11.9 Å².